The third-order valence-electron chi connectivity index (χ3n) is 10.8. The smallest absolute Gasteiger partial charge is 0.306 e. The summed E-state index contributed by atoms with van der Waals surface area (Å²) in [4.78, 5) is 37.6. The summed E-state index contributed by atoms with van der Waals surface area (Å²) in [6, 6.07) is 0. The van der Waals surface area contributed by atoms with Crippen LogP contribution in [0.2, 0.25) is 0 Å². The number of carbonyl (C=O) groups excluding carboxylic acids is 3. The number of carbonyl (C=O) groups is 3. The van der Waals surface area contributed by atoms with Crippen LogP contribution in [0.3, 0.4) is 0 Å². The third kappa shape index (κ3) is 44.7. The van der Waals surface area contributed by atoms with Gasteiger partial charge in [-0.3, -0.25) is 14.4 Å². The van der Waals surface area contributed by atoms with Crippen molar-refractivity contribution in [2.45, 2.75) is 264 Å². The molecule has 6 heteroatoms. The second kappa shape index (κ2) is 47.3. The van der Waals surface area contributed by atoms with Crippen molar-refractivity contribution in [3.8, 4) is 0 Å². The Hall–Kier alpha value is -2.37. The van der Waals surface area contributed by atoms with Crippen molar-refractivity contribution in [2.75, 3.05) is 13.2 Å². The van der Waals surface area contributed by atoms with E-state index in [4.69, 9.17) is 14.2 Å². The molecule has 0 aromatic heterocycles. The average Bonchev–Trinajstić information content (AvgIpc) is 3.22. The Morgan fingerprint density at radius 1 is 0.345 bits per heavy atom. The predicted octanol–water partition coefficient (Wildman–Crippen LogP) is 16.1. The van der Waals surface area contributed by atoms with E-state index in [9.17, 15) is 14.4 Å². The number of esters is 3. The maximum atomic E-state index is 12.7. The van der Waals surface area contributed by atoms with Gasteiger partial charge in [-0.05, 0) is 70.6 Å². The van der Waals surface area contributed by atoms with Crippen LogP contribution in [0.5, 0.6) is 0 Å². The Morgan fingerprint density at radius 2 is 0.655 bits per heavy atom. The zero-order chi connectivity index (χ0) is 42.3. The maximum Gasteiger partial charge on any atom is 0.306 e. The highest BCUT2D eigenvalue weighted by Crippen LogP contribution is 2.15. The molecule has 0 aliphatic carbocycles. The fourth-order valence-electron chi connectivity index (χ4n) is 7.06. The molecule has 0 amide bonds. The summed E-state index contributed by atoms with van der Waals surface area (Å²) in [5.41, 5.74) is 0. The highest BCUT2D eigenvalue weighted by molar-refractivity contribution is 5.71. The fourth-order valence-corrected chi connectivity index (χ4v) is 7.06. The van der Waals surface area contributed by atoms with Gasteiger partial charge in [-0.15, -0.1) is 0 Å². The molecule has 0 spiro atoms. The number of unbranched alkanes of at least 4 members (excludes halogenated alkanes) is 28. The molecule has 0 aliphatic heterocycles. The first-order valence-corrected chi connectivity index (χ1v) is 25.0. The van der Waals surface area contributed by atoms with Crippen LogP contribution in [-0.4, -0.2) is 37.2 Å². The molecule has 0 heterocycles. The summed E-state index contributed by atoms with van der Waals surface area (Å²) in [5.74, 6) is -0.890. The van der Waals surface area contributed by atoms with Gasteiger partial charge in [-0.2, -0.15) is 0 Å². The van der Waals surface area contributed by atoms with E-state index < -0.39 is 6.10 Å². The van der Waals surface area contributed by atoms with Crippen LogP contribution in [0.1, 0.15) is 258 Å². The van der Waals surface area contributed by atoms with Crippen molar-refractivity contribution in [1.82, 2.24) is 0 Å². The summed E-state index contributed by atoms with van der Waals surface area (Å²) in [6.07, 6.45) is 54.4. The first kappa shape index (κ1) is 55.6. The van der Waals surface area contributed by atoms with Gasteiger partial charge in [0.25, 0.3) is 0 Å². The Balaban J connectivity index is 4.12. The maximum absolute atomic E-state index is 12.7. The quantitative estimate of drug-likeness (QED) is 0.0264. The number of hydrogen-bond acceptors (Lipinski definition) is 6. The molecule has 0 aromatic rings. The van der Waals surface area contributed by atoms with E-state index >= 15 is 0 Å². The van der Waals surface area contributed by atoms with E-state index in [1.54, 1.807) is 0 Å². The molecule has 0 N–H and O–H groups in total. The monoisotopic (exact) mass is 815 g/mol. The lowest BCUT2D eigenvalue weighted by molar-refractivity contribution is -0.167. The van der Waals surface area contributed by atoms with Crippen LogP contribution < -0.4 is 0 Å². The Kier molecular flexibility index (Phi) is 45.4. The normalized spacial score (nSPS) is 12.3. The van der Waals surface area contributed by atoms with E-state index in [1.807, 2.05) is 0 Å². The standard InChI is InChI=1S/C52H94O6/c1-4-7-10-13-16-18-20-21-22-23-24-25-26-27-28-29-30-31-32-34-36-39-42-45-51(54)57-48-49(47-56-50(53)44-41-38-35-15-12-9-6-3)58-52(55)46-43-40-37-33-19-17-14-11-8-5-2/h11,14,20-21,23-24,49H,4-10,12-13,15-19,22,25-48H2,1-3H3/b14-11-,21-20-,24-23-. The van der Waals surface area contributed by atoms with E-state index in [-0.39, 0.29) is 31.1 Å². The molecule has 0 rings (SSSR count). The molecule has 0 aliphatic rings. The SMILES string of the molecule is CCC/C=C\CCCCCCCC(=O)OC(COC(=O)CCCCCCCCC)COC(=O)CCCCCCCCCCCCC/C=C\C/C=C\CCCCCCC. The molecule has 1 atom stereocenters. The second-order valence-corrected chi connectivity index (χ2v) is 16.7. The van der Waals surface area contributed by atoms with Gasteiger partial charge in [-0.1, -0.05) is 205 Å². The van der Waals surface area contributed by atoms with Crippen molar-refractivity contribution in [3.63, 3.8) is 0 Å². The minimum Gasteiger partial charge on any atom is -0.462 e. The van der Waals surface area contributed by atoms with Gasteiger partial charge in [0.1, 0.15) is 13.2 Å². The predicted molar refractivity (Wildman–Crippen MR) is 247 cm³/mol. The lowest BCUT2D eigenvalue weighted by Gasteiger charge is -2.18. The van der Waals surface area contributed by atoms with Crippen LogP contribution in [0.4, 0.5) is 0 Å². The molecule has 0 aromatic carbocycles. The topological polar surface area (TPSA) is 78.9 Å². The minimum atomic E-state index is -0.770. The Bertz CT molecular complexity index is 984. The van der Waals surface area contributed by atoms with Crippen LogP contribution in [0.15, 0.2) is 36.5 Å². The van der Waals surface area contributed by atoms with Gasteiger partial charge < -0.3 is 14.2 Å². The van der Waals surface area contributed by atoms with Crippen molar-refractivity contribution < 1.29 is 28.6 Å². The third-order valence-corrected chi connectivity index (χ3v) is 10.8. The van der Waals surface area contributed by atoms with E-state index in [0.717, 1.165) is 83.5 Å². The highest BCUT2D eigenvalue weighted by Gasteiger charge is 2.19. The molecule has 0 saturated carbocycles. The van der Waals surface area contributed by atoms with E-state index in [0.29, 0.717) is 19.3 Å². The van der Waals surface area contributed by atoms with Crippen LogP contribution in [-0.2, 0) is 28.6 Å². The number of rotatable bonds is 45. The number of ether oxygens (including phenoxy) is 3. The first-order valence-electron chi connectivity index (χ1n) is 25.0. The van der Waals surface area contributed by atoms with Crippen molar-refractivity contribution in [1.29, 1.82) is 0 Å². The summed E-state index contributed by atoms with van der Waals surface area (Å²) >= 11 is 0. The molecular weight excluding hydrogens is 721 g/mol. The molecule has 58 heavy (non-hydrogen) atoms. The lowest BCUT2D eigenvalue weighted by atomic mass is 10.0. The first-order chi connectivity index (χ1) is 28.5. The molecule has 1 unspecified atom stereocenters. The van der Waals surface area contributed by atoms with Gasteiger partial charge in [0, 0.05) is 19.3 Å². The zero-order valence-corrected chi connectivity index (χ0v) is 38.6. The molecule has 338 valence electrons. The highest BCUT2D eigenvalue weighted by atomic mass is 16.6. The van der Waals surface area contributed by atoms with Crippen LogP contribution >= 0.6 is 0 Å². The van der Waals surface area contributed by atoms with Gasteiger partial charge in [-0.25, -0.2) is 0 Å². The van der Waals surface area contributed by atoms with E-state index in [1.165, 1.54) is 135 Å². The van der Waals surface area contributed by atoms with Gasteiger partial charge >= 0.3 is 17.9 Å². The number of hydrogen-bond donors (Lipinski definition) is 0. The fraction of sp³-hybridized carbons (Fsp3) is 0.827. The van der Waals surface area contributed by atoms with E-state index in [2.05, 4.69) is 57.2 Å². The second-order valence-electron chi connectivity index (χ2n) is 16.7. The van der Waals surface area contributed by atoms with Crippen molar-refractivity contribution in [3.05, 3.63) is 36.5 Å². The molecule has 6 nitrogen and oxygen atoms in total. The summed E-state index contributed by atoms with van der Waals surface area (Å²) in [5, 5.41) is 0. The number of allylic oxidation sites excluding steroid dienone is 6. The largest absolute Gasteiger partial charge is 0.462 e. The zero-order valence-electron chi connectivity index (χ0n) is 38.6. The molecule has 0 saturated heterocycles. The summed E-state index contributed by atoms with van der Waals surface area (Å²) in [7, 11) is 0. The molecule has 0 bridgehead atoms. The average molecular weight is 815 g/mol. The van der Waals surface area contributed by atoms with Gasteiger partial charge in [0.2, 0.25) is 0 Å². The Labute approximate surface area is 359 Å². The van der Waals surface area contributed by atoms with Crippen molar-refractivity contribution >= 4 is 17.9 Å². The summed E-state index contributed by atoms with van der Waals surface area (Å²) < 4.78 is 16.7. The Morgan fingerprint density at radius 3 is 1.03 bits per heavy atom. The minimum absolute atomic E-state index is 0.0747. The molecule has 0 fully saturated rings. The summed E-state index contributed by atoms with van der Waals surface area (Å²) in [6.45, 7) is 6.52. The van der Waals surface area contributed by atoms with Crippen molar-refractivity contribution in [2.24, 2.45) is 0 Å². The van der Waals surface area contributed by atoms with Gasteiger partial charge in [0.05, 0.1) is 0 Å². The van der Waals surface area contributed by atoms with Crippen LogP contribution in [0, 0.1) is 0 Å². The molecule has 0 radical (unpaired) electrons. The van der Waals surface area contributed by atoms with Gasteiger partial charge in [0.15, 0.2) is 6.10 Å². The van der Waals surface area contributed by atoms with Crippen LogP contribution in [0.25, 0.3) is 0 Å². The molecular formula is C52H94O6. The lowest BCUT2D eigenvalue weighted by Crippen LogP contribution is -2.30.